The molecule has 1 N–H and O–H groups in total. The van der Waals surface area contributed by atoms with Gasteiger partial charge in [0, 0.05) is 26.2 Å². The first-order valence-corrected chi connectivity index (χ1v) is 12.1. The number of aromatic nitrogens is 1. The van der Waals surface area contributed by atoms with E-state index in [9.17, 15) is 14.7 Å². The Kier molecular flexibility index (Phi) is 7.45. The Hall–Kier alpha value is -3.01. The van der Waals surface area contributed by atoms with Crippen LogP contribution in [0.2, 0.25) is 0 Å². The highest BCUT2D eigenvalue weighted by atomic mass is 32.1. The lowest BCUT2D eigenvalue weighted by Gasteiger charge is -2.31. The lowest BCUT2D eigenvalue weighted by atomic mass is 9.95. The number of amides is 1. The number of carbonyl (C=O) groups excluding carboxylic acids is 2. The summed E-state index contributed by atoms with van der Waals surface area (Å²) in [4.78, 5) is 35.4. The third-order valence-electron chi connectivity index (χ3n) is 5.98. The molecule has 180 valence electrons. The normalized spacial score (nSPS) is 19.1. The number of carbonyl (C=O) groups is 2. The minimum Gasteiger partial charge on any atom is -0.503 e. The fourth-order valence-electron chi connectivity index (χ4n) is 4.30. The molecular weight excluding hydrogens is 454 g/mol. The second kappa shape index (κ2) is 10.5. The first-order chi connectivity index (χ1) is 16.4. The van der Waals surface area contributed by atoms with Crippen LogP contribution in [0.25, 0.3) is 0 Å². The SMILES string of the molecule is C=CCOc1ccc(C2C(C(=O)c3sc(C)nc3C)=C(O)C(=O)N2CCN2CCOCC2)cc1. The molecule has 1 unspecified atom stereocenters. The number of nitrogens with zero attached hydrogens (tertiary/aromatic N) is 3. The summed E-state index contributed by atoms with van der Waals surface area (Å²) < 4.78 is 11.0. The predicted molar refractivity (Wildman–Crippen MR) is 129 cm³/mol. The van der Waals surface area contributed by atoms with Crippen molar-refractivity contribution in [2.45, 2.75) is 19.9 Å². The molecule has 8 nitrogen and oxygen atoms in total. The Bertz CT molecular complexity index is 1100. The number of benzene rings is 1. The number of Topliss-reactive ketones (excluding diaryl/α,β-unsaturated/α-hetero) is 1. The first kappa shape index (κ1) is 24.1. The van der Waals surface area contributed by atoms with Gasteiger partial charge in [0.25, 0.3) is 5.91 Å². The average Bonchev–Trinajstić information content (AvgIpc) is 3.32. The molecule has 1 atom stereocenters. The highest BCUT2D eigenvalue weighted by molar-refractivity contribution is 7.14. The molecule has 2 aliphatic heterocycles. The second-order valence-corrected chi connectivity index (χ2v) is 9.47. The van der Waals surface area contributed by atoms with Crippen molar-refractivity contribution in [2.75, 3.05) is 46.0 Å². The molecule has 1 aromatic heterocycles. The van der Waals surface area contributed by atoms with Gasteiger partial charge in [-0.15, -0.1) is 11.3 Å². The van der Waals surface area contributed by atoms with Crippen molar-refractivity contribution >= 4 is 23.0 Å². The highest BCUT2D eigenvalue weighted by Crippen LogP contribution is 2.40. The third-order valence-corrected chi connectivity index (χ3v) is 7.05. The Morgan fingerprint density at radius 1 is 1.26 bits per heavy atom. The van der Waals surface area contributed by atoms with Crippen LogP contribution in [0.1, 0.15) is 32.0 Å². The lowest BCUT2D eigenvalue weighted by molar-refractivity contribution is -0.129. The fourth-order valence-corrected chi connectivity index (χ4v) is 5.18. The summed E-state index contributed by atoms with van der Waals surface area (Å²) in [5.74, 6) is -0.732. The molecule has 2 aliphatic rings. The Morgan fingerprint density at radius 3 is 2.59 bits per heavy atom. The maximum Gasteiger partial charge on any atom is 0.290 e. The fraction of sp³-hybridized carbons (Fsp3) is 0.400. The molecule has 1 aromatic carbocycles. The zero-order valence-corrected chi connectivity index (χ0v) is 20.3. The van der Waals surface area contributed by atoms with Gasteiger partial charge in [0.2, 0.25) is 5.78 Å². The molecule has 1 amide bonds. The van der Waals surface area contributed by atoms with Crippen LogP contribution >= 0.6 is 11.3 Å². The lowest BCUT2D eigenvalue weighted by Crippen LogP contribution is -2.43. The van der Waals surface area contributed by atoms with Gasteiger partial charge in [-0.25, -0.2) is 4.98 Å². The Labute approximate surface area is 203 Å². The van der Waals surface area contributed by atoms with Crippen LogP contribution < -0.4 is 4.74 Å². The number of hydrogen-bond donors (Lipinski definition) is 1. The van der Waals surface area contributed by atoms with Crippen molar-refractivity contribution in [1.82, 2.24) is 14.8 Å². The molecule has 0 saturated carbocycles. The van der Waals surface area contributed by atoms with Gasteiger partial charge in [0.15, 0.2) is 5.76 Å². The molecule has 0 radical (unpaired) electrons. The van der Waals surface area contributed by atoms with Crippen molar-refractivity contribution < 1.29 is 24.2 Å². The molecule has 1 fully saturated rings. The number of rotatable bonds is 9. The first-order valence-electron chi connectivity index (χ1n) is 11.3. The van der Waals surface area contributed by atoms with Gasteiger partial charge >= 0.3 is 0 Å². The van der Waals surface area contributed by atoms with Gasteiger partial charge in [-0.3, -0.25) is 14.5 Å². The molecule has 0 aliphatic carbocycles. The molecule has 1 saturated heterocycles. The number of ether oxygens (including phenoxy) is 2. The minimum atomic E-state index is -0.698. The maximum atomic E-state index is 13.6. The summed E-state index contributed by atoms with van der Waals surface area (Å²) in [7, 11) is 0. The zero-order chi connectivity index (χ0) is 24.2. The number of aliphatic hydroxyl groups excluding tert-OH is 1. The van der Waals surface area contributed by atoms with E-state index in [4.69, 9.17) is 9.47 Å². The van der Waals surface area contributed by atoms with Crippen LogP contribution in [-0.4, -0.2) is 77.6 Å². The van der Waals surface area contributed by atoms with Gasteiger partial charge in [-0.2, -0.15) is 0 Å². The van der Waals surface area contributed by atoms with Gasteiger partial charge in [0.05, 0.1) is 40.4 Å². The van der Waals surface area contributed by atoms with Crippen molar-refractivity contribution in [3.05, 3.63) is 69.4 Å². The number of morpholine rings is 1. The standard InChI is InChI=1S/C25H29N3O5S/c1-4-13-33-19-7-5-18(6-8-19)21-20(22(29)24-16(2)26-17(3)34-24)23(30)25(31)28(21)10-9-27-11-14-32-15-12-27/h4-8,21,30H,1,9-15H2,2-3H3. The van der Waals surface area contributed by atoms with Crippen LogP contribution in [0.15, 0.2) is 48.3 Å². The highest BCUT2D eigenvalue weighted by Gasteiger charge is 2.44. The van der Waals surface area contributed by atoms with Crippen LogP contribution in [0, 0.1) is 13.8 Å². The molecule has 2 aromatic rings. The Morgan fingerprint density at radius 2 is 1.97 bits per heavy atom. The second-order valence-electron chi connectivity index (χ2n) is 8.26. The monoisotopic (exact) mass is 483 g/mol. The molecule has 4 rings (SSSR count). The van der Waals surface area contributed by atoms with Crippen molar-refractivity contribution in [2.24, 2.45) is 0 Å². The van der Waals surface area contributed by atoms with E-state index in [0.29, 0.717) is 49.2 Å². The number of ketones is 1. The van der Waals surface area contributed by atoms with Crippen molar-refractivity contribution in [1.29, 1.82) is 0 Å². The average molecular weight is 484 g/mol. The van der Waals surface area contributed by atoms with E-state index >= 15 is 0 Å². The molecule has 9 heteroatoms. The topological polar surface area (TPSA) is 92.2 Å². The smallest absolute Gasteiger partial charge is 0.290 e. The van der Waals surface area contributed by atoms with Gasteiger partial charge in [-0.1, -0.05) is 24.8 Å². The molecule has 34 heavy (non-hydrogen) atoms. The largest absolute Gasteiger partial charge is 0.503 e. The van der Waals surface area contributed by atoms with E-state index in [1.54, 1.807) is 30.0 Å². The van der Waals surface area contributed by atoms with Gasteiger partial charge in [-0.05, 0) is 31.5 Å². The summed E-state index contributed by atoms with van der Waals surface area (Å²) in [5.41, 5.74) is 1.42. The van der Waals surface area contributed by atoms with E-state index in [1.807, 2.05) is 19.1 Å². The quantitative estimate of drug-likeness (QED) is 0.432. The summed E-state index contributed by atoms with van der Waals surface area (Å²) in [6, 6.07) is 6.55. The third kappa shape index (κ3) is 4.91. The Balaban J connectivity index is 1.67. The van der Waals surface area contributed by atoms with E-state index in [1.165, 1.54) is 11.3 Å². The summed E-state index contributed by atoms with van der Waals surface area (Å²) >= 11 is 1.27. The van der Waals surface area contributed by atoms with Gasteiger partial charge in [0.1, 0.15) is 12.4 Å². The van der Waals surface area contributed by atoms with E-state index in [-0.39, 0.29) is 11.4 Å². The number of aryl methyl sites for hydroxylation is 2. The van der Waals surface area contributed by atoms with E-state index < -0.39 is 17.7 Å². The summed E-state index contributed by atoms with van der Waals surface area (Å²) in [5, 5.41) is 11.6. The van der Waals surface area contributed by atoms with Crippen LogP contribution in [0.4, 0.5) is 0 Å². The van der Waals surface area contributed by atoms with Crippen LogP contribution in [0.5, 0.6) is 5.75 Å². The maximum absolute atomic E-state index is 13.6. The van der Waals surface area contributed by atoms with Crippen molar-refractivity contribution in [3.63, 3.8) is 0 Å². The number of aliphatic hydroxyl groups is 1. The number of thiazole rings is 1. The number of hydrogen-bond acceptors (Lipinski definition) is 8. The van der Waals surface area contributed by atoms with Gasteiger partial charge < -0.3 is 19.5 Å². The summed E-state index contributed by atoms with van der Waals surface area (Å²) in [6.07, 6.45) is 1.66. The zero-order valence-electron chi connectivity index (χ0n) is 19.5. The summed E-state index contributed by atoms with van der Waals surface area (Å²) in [6.45, 7) is 11.5. The van der Waals surface area contributed by atoms with Crippen LogP contribution in [-0.2, 0) is 9.53 Å². The van der Waals surface area contributed by atoms with E-state index in [2.05, 4.69) is 16.5 Å². The molecule has 0 spiro atoms. The van der Waals surface area contributed by atoms with Crippen LogP contribution in [0.3, 0.4) is 0 Å². The minimum absolute atomic E-state index is 0.0958. The van der Waals surface area contributed by atoms with E-state index in [0.717, 1.165) is 23.7 Å². The molecular formula is C25H29N3O5S. The molecule has 0 bridgehead atoms. The predicted octanol–water partition coefficient (Wildman–Crippen LogP) is 3.24. The van der Waals surface area contributed by atoms with Crippen molar-refractivity contribution in [3.8, 4) is 5.75 Å². The molecule has 3 heterocycles.